The van der Waals surface area contributed by atoms with Crippen molar-refractivity contribution in [3.05, 3.63) is 54.1 Å². The molecule has 0 aliphatic heterocycles. The maximum absolute atomic E-state index is 2.37. The molecule has 0 saturated heterocycles. The first-order valence-corrected chi connectivity index (χ1v) is 12.6. The first-order chi connectivity index (χ1) is 14.4. The van der Waals surface area contributed by atoms with Gasteiger partial charge in [-0.15, -0.1) is 0 Å². The summed E-state index contributed by atoms with van der Waals surface area (Å²) in [6.45, 7) is 2.30. The van der Waals surface area contributed by atoms with Crippen molar-refractivity contribution in [1.29, 1.82) is 0 Å². The van der Waals surface area contributed by atoms with Crippen molar-refractivity contribution in [3.8, 4) is 0 Å². The van der Waals surface area contributed by atoms with Gasteiger partial charge >= 0.3 is 0 Å². The van der Waals surface area contributed by atoms with Crippen molar-refractivity contribution >= 4 is 16.8 Å². The Morgan fingerprint density at radius 2 is 1.07 bits per heavy atom. The molecule has 0 fully saturated rings. The van der Waals surface area contributed by atoms with Gasteiger partial charge in [-0.1, -0.05) is 151 Å². The number of rotatable bonds is 17. The fraction of sp³-hybridized carbons (Fsp3) is 0.586. The van der Waals surface area contributed by atoms with Gasteiger partial charge in [-0.25, -0.2) is 0 Å². The summed E-state index contributed by atoms with van der Waals surface area (Å²) in [4.78, 5) is 0. The molecule has 0 atom stereocenters. The van der Waals surface area contributed by atoms with Gasteiger partial charge in [0, 0.05) is 0 Å². The lowest BCUT2D eigenvalue weighted by atomic mass is 10.0. The molecule has 0 aliphatic carbocycles. The Hall–Kier alpha value is -1.56. The monoisotopic (exact) mass is 392 g/mol. The van der Waals surface area contributed by atoms with Gasteiger partial charge in [0.1, 0.15) is 0 Å². The van der Waals surface area contributed by atoms with Gasteiger partial charge in [0.2, 0.25) is 0 Å². The molecule has 0 nitrogen and oxygen atoms in total. The Morgan fingerprint density at radius 3 is 1.69 bits per heavy atom. The quantitative estimate of drug-likeness (QED) is 0.235. The van der Waals surface area contributed by atoms with E-state index >= 15 is 0 Å². The van der Waals surface area contributed by atoms with E-state index in [1.807, 2.05) is 0 Å². The van der Waals surface area contributed by atoms with Gasteiger partial charge in [-0.05, 0) is 29.2 Å². The van der Waals surface area contributed by atoms with E-state index < -0.39 is 0 Å². The highest BCUT2D eigenvalue weighted by molar-refractivity contribution is 5.90. The van der Waals surface area contributed by atoms with Crippen LogP contribution >= 0.6 is 0 Å². The van der Waals surface area contributed by atoms with Crippen LogP contribution in [0.2, 0.25) is 0 Å². The molecular weight excluding hydrogens is 348 g/mol. The minimum absolute atomic E-state index is 1.21. The van der Waals surface area contributed by atoms with Crippen LogP contribution in [-0.4, -0.2) is 0 Å². The molecule has 0 saturated carbocycles. The summed E-state index contributed by atoms with van der Waals surface area (Å²) in [5, 5.41) is 2.70. The molecule has 2 aromatic rings. The summed E-state index contributed by atoms with van der Waals surface area (Å²) in [6.07, 6.45) is 27.4. The highest BCUT2D eigenvalue weighted by atomic mass is 14.0. The molecule has 0 radical (unpaired) electrons. The van der Waals surface area contributed by atoms with E-state index in [1.165, 1.54) is 119 Å². The Morgan fingerprint density at radius 1 is 0.552 bits per heavy atom. The fourth-order valence-electron chi connectivity index (χ4n) is 4.24. The van der Waals surface area contributed by atoms with E-state index in [1.54, 1.807) is 0 Å². The number of benzene rings is 2. The predicted molar refractivity (Wildman–Crippen MR) is 133 cm³/mol. The normalized spacial score (nSPS) is 11.6. The van der Waals surface area contributed by atoms with Crippen LogP contribution in [0, 0.1) is 0 Å². The zero-order chi connectivity index (χ0) is 20.4. The highest BCUT2D eigenvalue weighted by Gasteiger charge is 1.96. The zero-order valence-corrected chi connectivity index (χ0v) is 19.0. The molecule has 0 aliphatic rings. The lowest BCUT2D eigenvalue weighted by molar-refractivity contribution is 0.533. The van der Waals surface area contributed by atoms with Crippen molar-refractivity contribution in [1.82, 2.24) is 0 Å². The van der Waals surface area contributed by atoms with Crippen LogP contribution in [-0.2, 0) is 0 Å². The smallest absolute Gasteiger partial charge is 0.0112 e. The first-order valence-electron chi connectivity index (χ1n) is 12.6. The summed E-state index contributed by atoms with van der Waals surface area (Å²) >= 11 is 0. The molecule has 2 aromatic carbocycles. The van der Waals surface area contributed by atoms with Crippen LogP contribution in [0.3, 0.4) is 0 Å². The summed E-state index contributed by atoms with van der Waals surface area (Å²) in [5.41, 5.74) is 1.35. The Bertz CT molecular complexity index is 661. The zero-order valence-electron chi connectivity index (χ0n) is 19.0. The third-order valence-corrected chi connectivity index (χ3v) is 6.10. The third kappa shape index (κ3) is 10.7. The number of unbranched alkanes of at least 4 members (excludes halogenated alkanes) is 15. The molecule has 0 amide bonds. The van der Waals surface area contributed by atoms with E-state index in [4.69, 9.17) is 0 Å². The fourth-order valence-corrected chi connectivity index (χ4v) is 4.24. The van der Waals surface area contributed by atoms with Gasteiger partial charge < -0.3 is 0 Å². The molecule has 0 heteroatoms. The average molecular weight is 393 g/mol. The van der Waals surface area contributed by atoms with Crippen molar-refractivity contribution in [2.75, 3.05) is 0 Å². The minimum atomic E-state index is 1.21. The molecule has 0 aromatic heterocycles. The summed E-state index contributed by atoms with van der Waals surface area (Å²) in [7, 11) is 0. The molecule has 0 unspecified atom stereocenters. The van der Waals surface area contributed by atoms with E-state index in [-0.39, 0.29) is 0 Å². The van der Waals surface area contributed by atoms with E-state index in [9.17, 15) is 0 Å². The molecule has 0 N–H and O–H groups in total. The van der Waals surface area contributed by atoms with Crippen LogP contribution in [0.4, 0.5) is 0 Å². The Balaban J connectivity index is 1.40. The van der Waals surface area contributed by atoms with Gasteiger partial charge in [0.05, 0.1) is 0 Å². The third-order valence-electron chi connectivity index (χ3n) is 6.10. The summed E-state index contributed by atoms with van der Waals surface area (Å²) in [5.74, 6) is 0. The lowest BCUT2D eigenvalue weighted by Crippen LogP contribution is -1.83. The minimum Gasteiger partial charge on any atom is -0.0839 e. The van der Waals surface area contributed by atoms with Gasteiger partial charge in [-0.3, -0.25) is 0 Å². The Kier molecular flexibility index (Phi) is 13.3. The van der Waals surface area contributed by atoms with E-state index in [0.29, 0.717) is 0 Å². The van der Waals surface area contributed by atoms with Crippen LogP contribution in [0.25, 0.3) is 16.8 Å². The topological polar surface area (TPSA) is 0 Å². The lowest BCUT2D eigenvalue weighted by Gasteiger charge is -2.03. The number of fused-ring (bicyclic) bond motifs is 1. The molecule has 0 heterocycles. The Labute approximate surface area is 180 Å². The highest BCUT2D eigenvalue weighted by Crippen LogP contribution is 2.20. The average Bonchev–Trinajstić information content (AvgIpc) is 2.76. The second-order valence-electron chi connectivity index (χ2n) is 8.71. The largest absolute Gasteiger partial charge is 0.0839 e. The van der Waals surface area contributed by atoms with Crippen LogP contribution < -0.4 is 0 Å². The predicted octanol–water partition coefficient (Wildman–Crippen LogP) is 10.1. The van der Waals surface area contributed by atoms with Gasteiger partial charge in [-0.2, -0.15) is 0 Å². The number of allylic oxidation sites excluding steroid dienone is 1. The molecular formula is C29H44. The number of hydrogen-bond acceptors (Lipinski definition) is 0. The standard InChI is InChI=1S/C29H44/c1-2-3-4-5-6-7-8-9-10-11-12-13-14-15-16-17-18-22-27-24-21-25-28-23-19-20-26-29(27)28/h18-26H,2-17H2,1H3/b22-18+. The maximum Gasteiger partial charge on any atom is -0.0112 e. The first kappa shape index (κ1) is 23.7. The number of hydrogen-bond donors (Lipinski definition) is 0. The van der Waals surface area contributed by atoms with Crippen LogP contribution in [0.1, 0.15) is 115 Å². The van der Waals surface area contributed by atoms with E-state index in [0.717, 1.165) is 0 Å². The van der Waals surface area contributed by atoms with Crippen molar-refractivity contribution in [2.24, 2.45) is 0 Å². The van der Waals surface area contributed by atoms with Crippen LogP contribution in [0.15, 0.2) is 48.5 Å². The van der Waals surface area contributed by atoms with Crippen molar-refractivity contribution in [2.45, 2.75) is 110 Å². The van der Waals surface area contributed by atoms with Gasteiger partial charge in [0.15, 0.2) is 0 Å². The molecule has 2 rings (SSSR count). The molecule has 29 heavy (non-hydrogen) atoms. The summed E-state index contributed by atoms with van der Waals surface area (Å²) < 4.78 is 0. The second-order valence-corrected chi connectivity index (χ2v) is 8.71. The summed E-state index contributed by atoms with van der Waals surface area (Å²) in [6, 6.07) is 15.3. The molecule has 160 valence electrons. The molecule has 0 bridgehead atoms. The van der Waals surface area contributed by atoms with Crippen molar-refractivity contribution < 1.29 is 0 Å². The van der Waals surface area contributed by atoms with Gasteiger partial charge in [0.25, 0.3) is 0 Å². The molecule has 0 spiro atoms. The maximum atomic E-state index is 2.37. The second kappa shape index (κ2) is 16.3. The van der Waals surface area contributed by atoms with Crippen molar-refractivity contribution in [3.63, 3.8) is 0 Å². The SMILES string of the molecule is CCCCCCCCCCCCCCCCC/C=C/c1cccc2ccccc12. The van der Waals surface area contributed by atoms with E-state index in [2.05, 4.69) is 61.5 Å². The van der Waals surface area contributed by atoms with Crippen LogP contribution in [0.5, 0.6) is 0 Å².